The summed E-state index contributed by atoms with van der Waals surface area (Å²) in [6.45, 7) is 21.1. The van der Waals surface area contributed by atoms with Crippen molar-refractivity contribution < 1.29 is 40.8 Å². The number of ether oxygens (including phenoxy) is 1. The third kappa shape index (κ3) is 11.7. The number of hydrogen-bond donors (Lipinski definition) is 0. The SMILES string of the molecule is C=CC(=O)O[C@@H](CC)c1ccccc1[C@@H](C)N(C)C.[C-]#[O+].[C-]#[O+].[C-]#[O+].[Cr]. The molecule has 0 unspecified atom stereocenters. The first kappa shape index (κ1) is 31.9. The zero-order valence-electron chi connectivity index (χ0n) is 15.4. The van der Waals surface area contributed by atoms with Gasteiger partial charge in [0.25, 0.3) is 0 Å². The Hall–Kier alpha value is -1.86. The first-order valence-corrected chi connectivity index (χ1v) is 7.20. The van der Waals surface area contributed by atoms with E-state index in [-0.39, 0.29) is 35.5 Å². The normalized spacial score (nSPS) is 10.4. The van der Waals surface area contributed by atoms with E-state index in [0.29, 0.717) is 0 Å². The maximum absolute atomic E-state index is 11.4. The third-order valence-electron chi connectivity index (χ3n) is 3.36. The topological polar surface area (TPSA) is 89.2 Å². The van der Waals surface area contributed by atoms with Crippen LogP contribution in [0.4, 0.5) is 0 Å². The molecule has 140 valence electrons. The zero-order valence-corrected chi connectivity index (χ0v) is 16.6. The molecular formula is C19H23CrNO5. The van der Waals surface area contributed by atoms with Crippen molar-refractivity contribution in [3.05, 3.63) is 68.0 Å². The number of carbonyl (C=O) groups excluding carboxylic acids is 1. The molecule has 1 aromatic carbocycles. The molecule has 0 fully saturated rings. The van der Waals surface area contributed by atoms with Gasteiger partial charge in [-0.2, -0.15) is 0 Å². The van der Waals surface area contributed by atoms with E-state index in [1.54, 1.807) is 0 Å². The summed E-state index contributed by atoms with van der Waals surface area (Å²) in [5.41, 5.74) is 2.26. The minimum atomic E-state index is -0.376. The van der Waals surface area contributed by atoms with E-state index in [4.69, 9.17) is 18.7 Å². The zero-order chi connectivity index (χ0) is 20.4. The largest absolute Gasteiger partial charge is 0 e. The Morgan fingerprint density at radius 2 is 1.58 bits per heavy atom. The van der Waals surface area contributed by atoms with E-state index in [2.05, 4.69) is 44.4 Å². The van der Waals surface area contributed by atoms with Gasteiger partial charge < -0.3 is 9.64 Å². The number of nitrogens with zero attached hydrogens (tertiary/aromatic N) is 1. The molecule has 0 aromatic heterocycles. The first-order chi connectivity index (χ1) is 12.0. The molecular weight excluding hydrogens is 374 g/mol. The van der Waals surface area contributed by atoms with Gasteiger partial charge in [-0.1, -0.05) is 37.8 Å². The number of esters is 1. The van der Waals surface area contributed by atoms with Gasteiger partial charge in [-0.25, -0.2) is 4.79 Å². The van der Waals surface area contributed by atoms with E-state index >= 15 is 0 Å². The fourth-order valence-corrected chi connectivity index (χ4v) is 2.02. The molecule has 0 aliphatic heterocycles. The van der Waals surface area contributed by atoms with E-state index in [9.17, 15) is 4.79 Å². The number of rotatable bonds is 6. The van der Waals surface area contributed by atoms with Crippen molar-refractivity contribution in [2.75, 3.05) is 14.1 Å². The van der Waals surface area contributed by atoms with Gasteiger partial charge in [0.1, 0.15) is 6.10 Å². The average molecular weight is 397 g/mol. The number of carbonyl (C=O) groups is 1. The van der Waals surface area contributed by atoms with E-state index < -0.39 is 0 Å². The Morgan fingerprint density at radius 3 is 1.92 bits per heavy atom. The standard InChI is InChI=1S/C16H23NO2.3CO.Cr/c1-6-15(19-16(18)7-2)14-11-9-8-10-13(14)12(3)17(4)5;3*1-2;/h7-12,15H,2,6H2,1,3-5H3;;;;/t12-,15+;;;;/m1..../s1. The predicted octanol–water partition coefficient (Wildman–Crippen LogP) is 3.37. The van der Waals surface area contributed by atoms with Crippen molar-refractivity contribution in [2.45, 2.75) is 32.4 Å². The van der Waals surface area contributed by atoms with Crippen LogP contribution in [0.1, 0.15) is 43.5 Å². The molecule has 0 N–H and O–H groups in total. The van der Waals surface area contributed by atoms with Crippen LogP contribution in [0.15, 0.2) is 36.9 Å². The predicted molar refractivity (Wildman–Crippen MR) is 89.7 cm³/mol. The van der Waals surface area contributed by atoms with Crippen LogP contribution < -0.4 is 0 Å². The monoisotopic (exact) mass is 397 g/mol. The van der Waals surface area contributed by atoms with Crippen LogP contribution in [0.3, 0.4) is 0 Å². The van der Waals surface area contributed by atoms with Crippen molar-refractivity contribution in [1.29, 1.82) is 0 Å². The van der Waals surface area contributed by atoms with Gasteiger partial charge in [0.05, 0.1) is 0 Å². The molecule has 6 nitrogen and oxygen atoms in total. The number of benzene rings is 1. The van der Waals surface area contributed by atoms with E-state index in [1.807, 2.05) is 39.2 Å². The molecule has 26 heavy (non-hydrogen) atoms. The molecule has 0 heterocycles. The fourth-order valence-electron chi connectivity index (χ4n) is 2.02. The number of hydrogen-bond acceptors (Lipinski definition) is 3. The first-order valence-electron chi connectivity index (χ1n) is 7.20. The van der Waals surface area contributed by atoms with Crippen LogP contribution in [0.25, 0.3) is 0 Å². The van der Waals surface area contributed by atoms with Gasteiger partial charge in [0.15, 0.2) is 0 Å². The summed E-state index contributed by atoms with van der Waals surface area (Å²) < 4.78 is 27.9. The molecule has 7 heteroatoms. The summed E-state index contributed by atoms with van der Waals surface area (Å²) in [5.74, 6) is -0.376. The summed E-state index contributed by atoms with van der Waals surface area (Å²) in [6, 6.07) is 8.38. The molecule has 0 spiro atoms. The van der Waals surface area contributed by atoms with Gasteiger partial charge in [-0.05, 0) is 38.6 Å². The minimum Gasteiger partial charge on any atom is 0 e. The Labute approximate surface area is 166 Å². The Morgan fingerprint density at radius 1 is 1.15 bits per heavy atom. The minimum absolute atomic E-state index is 0. The molecule has 1 aromatic rings. The Bertz CT molecular complexity index is 552. The summed E-state index contributed by atoms with van der Waals surface area (Å²) in [4.78, 5) is 13.6. The quantitative estimate of drug-likeness (QED) is 0.319. The van der Waals surface area contributed by atoms with Crippen molar-refractivity contribution in [1.82, 2.24) is 4.90 Å². The molecule has 0 saturated heterocycles. The second kappa shape index (κ2) is 21.2. The van der Waals surface area contributed by atoms with Crippen molar-refractivity contribution in [3.63, 3.8) is 0 Å². The molecule has 0 bridgehead atoms. The maximum atomic E-state index is 11.4. The summed E-state index contributed by atoms with van der Waals surface area (Å²) in [6.07, 6.45) is 1.74. The maximum Gasteiger partial charge on any atom is 0 e. The summed E-state index contributed by atoms with van der Waals surface area (Å²) in [5, 5.41) is 0. The molecule has 0 amide bonds. The Kier molecular flexibility index (Phi) is 26.0. The van der Waals surface area contributed by atoms with Crippen LogP contribution in [0, 0.1) is 20.0 Å². The van der Waals surface area contributed by atoms with Crippen LogP contribution >= 0.6 is 0 Å². The van der Waals surface area contributed by atoms with Gasteiger partial charge in [-0.3, -0.25) is 0 Å². The van der Waals surface area contributed by atoms with E-state index in [0.717, 1.165) is 12.0 Å². The van der Waals surface area contributed by atoms with Crippen molar-refractivity contribution in [3.8, 4) is 0 Å². The van der Waals surface area contributed by atoms with Gasteiger partial charge >= 0.3 is 39.9 Å². The second-order valence-corrected chi connectivity index (χ2v) is 4.81. The van der Waals surface area contributed by atoms with Crippen molar-refractivity contribution >= 4 is 5.97 Å². The second-order valence-electron chi connectivity index (χ2n) is 4.81. The van der Waals surface area contributed by atoms with Crippen molar-refractivity contribution in [2.24, 2.45) is 0 Å². The smallest absolute Gasteiger partial charge is 0 e. The van der Waals surface area contributed by atoms with Crippen LogP contribution in [0.5, 0.6) is 0 Å². The van der Waals surface area contributed by atoms with Crippen LogP contribution in [-0.2, 0) is 40.8 Å². The van der Waals surface area contributed by atoms with E-state index in [1.165, 1.54) is 11.6 Å². The molecule has 0 radical (unpaired) electrons. The molecule has 0 aliphatic rings. The van der Waals surface area contributed by atoms with Gasteiger partial charge in [-0.15, -0.1) is 0 Å². The Balaban J connectivity index is -0.000000312. The van der Waals surface area contributed by atoms with Crippen LogP contribution in [-0.4, -0.2) is 25.0 Å². The summed E-state index contributed by atoms with van der Waals surface area (Å²) >= 11 is 0. The molecule has 1 rings (SSSR count). The molecule has 0 aliphatic carbocycles. The van der Waals surface area contributed by atoms with Gasteiger partial charge in [0.2, 0.25) is 0 Å². The molecule has 2 atom stereocenters. The summed E-state index contributed by atoms with van der Waals surface area (Å²) in [7, 11) is 4.08. The third-order valence-corrected chi connectivity index (χ3v) is 3.36. The van der Waals surface area contributed by atoms with Gasteiger partial charge in [0, 0.05) is 29.5 Å². The van der Waals surface area contributed by atoms with Crippen LogP contribution in [0.2, 0.25) is 0 Å². The fraction of sp³-hybridized carbons (Fsp3) is 0.368. The average Bonchev–Trinajstić information content (AvgIpc) is 2.69. The molecule has 0 saturated carbocycles.